The van der Waals surface area contributed by atoms with Gasteiger partial charge in [0.1, 0.15) is 5.57 Å². The van der Waals surface area contributed by atoms with Gasteiger partial charge in [-0.1, -0.05) is 43.7 Å². The van der Waals surface area contributed by atoms with Gasteiger partial charge in [-0.2, -0.15) is 0 Å². The van der Waals surface area contributed by atoms with E-state index in [0.717, 1.165) is 12.8 Å². The molecule has 0 aliphatic heterocycles. The number of Topliss-reactive ketones (excluding diaryl/α,β-unsaturated/α-hetero) is 1. The molecule has 0 heterocycles. The monoisotopic (exact) mass is 262 g/mol. The molecule has 0 aliphatic rings. The Morgan fingerprint density at radius 2 is 1.84 bits per heavy atom. The van der Waals surface area contributed by atoms with Gasteiger partial charge in [0.15, 0.2) is 11.5 Å². The number of esters is 1. The molecule has 0 saturated carbocycles. The van der Waals surface area contributed by atoms with Crippen LogP contribution in [-0.2, 0) is 14.3 Å². The van der Waals surface area contributed by atoms with Crippen LogP contribution in [0, 0.1) is 0 Å². The molecule has 4 heteroatoms. The Hall–Kier alpha value is -2.10. The summed E-state index contributed by atoms with van der Waals surface area (Å²) in [5.41, 5.74) is 0.390. The summed E-state index contributed by atoms with van der Waals surface area (Å²) >= 11 is 0. The number of benzene rings is 1. The maximum atomic E-state index is 12.0. The largest absolute Gasteiger partial charge is 0.504 e. The molecular formula is C15H18O4. The summed E-state index contributed by atoms with van der Waals surface area (Å²) in [6.45, 7) is 3.46. The SMILES string of the molecule is CCCCOC(=O)C(=C(O)C(C)=O)c1ccccc1. The van der Waals surface area contributed by atoms with Gasteiger partial charge in [0.25, 0.3) is 0 Å². The normalized spacial score (nSPS) is 11.7. The zero-order valence-corrected chi connectivity index (χ0v) is 11.2. The fraction of sp³-hybridized carbons (Fsp3) is 0.333. The molecule has 0 radical (unpaired) electrons. The zero-order valence-electron chi connectivity index (χ0n) is 11.2. The van der Waals surface area contributed by atoms with Crippen molar-refractivity contribution in [2.75, 3.05) is 6.61 Å². The zero-order chi connectivity index (χ0) is 14.3. The average Bonchev–Trinajstić information content (AvgIpc) is 2.40. The van der Waals surface area contributed by atoms with Crippen LogP contribution in [0.25, 0.3) is 5.57 Å². The van der Waals surface area contributed by atoms with Crippen LogP contribution in [0.15, 0.2) is 36.1 Å². The second-order valence-electron chi connectivity index (χ2n) is 4.14. The highest BCUT2D eigenvalue weighted by molar-refractivity contribution is 6.22. The van der Waals surface area contributed by atoms with Gasteiger partial charge in [0.2, 0.25) is 0 Å². The molecular weight excluding hydrogens is 244 g/mol. The first kappa shape index (κ1) is 15.0. The van der Waals surface area contributed by atoms with Crippen LogP contribution in [0.5, 0.6) is 0 Å². The first-order chi connectivity index (χ1) is 9.07. The molecule has 1 aromatic carbocycles. The minimum atomic E-state index is -0.674. The van der Waals surface area contributed by atoms with Crippen molar-refractivity contribution in [2.45, 2.75) is 26.7 Å². The standard InChI is InChI=1S/C15H18O4/c1-3-4-10-19-15(18)13(14(17)11(2)16)12-8-6-5-7-9-12/h5-9,17H,3-4,10H2,1-2H3. The number of aliphatic hydroxyl groups is 1. The Morgan fingerprint density at radius 1 is 1.21 bits per heavy atom. The van der Waals surface area contributed by atoms with Crippen molar-refractivity contribution < 1.29 is 19.4 Å². The lowest BCUT2D eigenvalue weighted by molar-refractivity contribution is -0.137. The third-order valence-corrected chi connectivity index (χ3v) is 2.57. The second kappa shape index (κ2) is 7.36. The summed E-state index contributed by atoms with van der Waals surface area (Å²) in [5, 5.41) is 9.80. The van der Waals surface area contributed by atoms with Crippen LogP contribution in [0.2, 0.25) is 0 Å². The quantitative estimate of drug-likeness (QED) is 0.370. The Balaban J connectivity index is 3.05. The van der Waals surface area contributed by atoms with Crippen LogP contribution in [0.1, 0.15) is 32.3 Å². The number of carbonyl (C=O) groups is 2. The van der Waals surface area contributed by atoms with E-state index in [2.05, 4.69) is 0 Å². The summed E-state index contributed by atoms with van der Waals surface area (Å²) in [7, 11) is 0. The van der Waals surface area contributed by atoms with Gasteiger partial charge in [-0.05, 0) is 12.0 Å². The van der Waals surface area contributed by atoms with Crippen LogP contribution in [0.3, 0.4) is 0 Å². The summed E-state index contributed by atoms with van der Waals surface area (Å²) < 4.78 is 5.06. The topological polar surface area (TPSA) is 63.6 Å². The lowest BCUT2D eigenvalue weighted by Gasteiger charge is -2.09. The molecule has 0 aliphatic carbocycles. The van der Waals surface area contributed by atoms with Crippen molar-refractivity contribution in [3.8, 4) is 0 Å². The first-order valence-corrected chi connectivity index (χ1v) is 6.24. The van der Waals surface area contributed by atoms with Gasteiger partial charge in [-0.15, -0.1) is 0 Å². The fourth-order valence-electron chi connectivity index (χ4n) is 1.51. The van der Waals surface area contributed by atoms with Crippen molar-refractivity contribution in [1.82, 2.24) is 0 Å². The number of aliphatic hydroxyl groups excluding tert-OH is 1. The van der Waals surface area contributed by atoms with Crippen molar-refractivity contribution in [3.63, 3.8) is 0 Å². The number of unbranched alkanes of at least 4 members (excludes halogenated alkanes) is 1. The Kier molecular flexibility index (Phi) is 5.79. The predicted molar refractivity (Wildman–Crippen MR) is 72.5 cm³/mol. The highest BCUT2D eigenvalue weighted by atomic mass is 16.5. The third-order valence-electron chi connectivity index (χ3n) is 2.57. The molecule has 0 atom stereocenters. The molecule has 102 valence electrons. The predicted octanol–water partition coefficient (Wildman–Crippen LogP) is 2.89. The third kappa shape index (κ3) is 4.25. The molecule has 0 aromatic heterocycles. The summed E-state index contributed by atoms with van der Waals surface area (Å²) in [5.74, 6) is -1.80. The van der Waals surface area contributed by atoms with E-state index in [1.165, 1.54) is 6.92 Å². The molecule has 0 fully saturated rings. The highest BCUT2D eigenvalue weighted by Gasteiger charge is 2.21. The minimum absolute atomic E-state index is 0.0794. The Bertz CT molecular complexity index is 474. The Morgan fingerprint density at radius 3 is 2.37 bits per heavy atom. The summed E-state index contributed by atoms with van der Waals surface area (Å²) in [6.07, 6.45) is 1.64. The van der Waals surface area contributed by atoms with Gasteiger partial charge in [-0.3, -0.25) is 4.79 Å². The van der Waals surface area contributed by atoms with Crippen LogP contribution < -0.4 is 0 Å². The number of ether oxygens (including phenoxy) is 1. The van der Waals surface area contributed by atoms with Crippen LogP contribution in [-0.4, -0.2) is 23.5 Å². The maximum Gasteiger partial charge on any atom is 0.342 e. The lowest BCUT2D eigenvalue weighted by Crippen LogP contribution is -2.13. The van der Waals surface area contributed by atoms with E-state index in [4.69, 9.17) is 4.74 Å². The van der Waals surface area contributed by atoms with Crippen molar-refractivity contribution in [2.24, 2.45) is 0 Å². The molecule has 0 spiro atoms. The molecule has 19 heavy (non-hydrogen) atoms. The molecule has 0 unspecified atom stereocenters. The lowest BCUT2D eigenvalue weighted by atomic mass is 10.0. The fourth-order valence-corrected chi connectivity index (χ4v) is 1.51. The maximum absolute atomic E-state index is 12.0. The van der Waals surface area contributed by atoms with Crippen molar-refractivity contribution >= 4 is 17.3 Å². The number of allylic oxidation sites excluding steroid dienone is 1. The molecule has 0 bridgehead atoms. The van der Waals surface area contributed by atoms with E-state index in [1.807, 2.05) is 6.92 Å². The summed E-state index contributed by atoms with van der Waals surface area (Å²) in [6, 6.07) is 8.53. The van der Waals surface area contributed by atoms with Gasteiger partial charge in [0.05, 0.1) is 6.61 Å². The van der Waals surface area contributed by atoms with E-state index >= 15 is 0 Å². The number of rotatable bonds is 6. The Labute approximate surface area is 112 Å². The smallest absolute Gasteiger partial charge is 0.342 e. The van der Waals surface area contributed by atoms with Crippen LogP contribution >= 0.6 is 0 Å². The van der Waals surface area contributed by atoms with Gasteiger partial charge in [0, 0.05) is 6.92 Å². The number of carbonyl (C=O) groups excluding carboxylic acids is 2. The van der Waals surface area contributed by atoms with E-state index in [1.54, 1.807) is 30.3 Å². The average molecular weight is 262 g/mol. The molecule has 1 rings (SSSR count). The number of ketones is 1. The first-order valence-electron chi connectivity index (χ1n) is 6.24. The van der Waals surface area contributed by atoms with Gasteiger partial charge < -0.3 is 9.84 Å². The highest BCUT2D eigenvalue weighted by Crippen LogP contribution is 2.20. The summed E-state index contributed by atoms with van der Waals surface area (Å²) in [4.78, 5) is 23.2. The number of hydrogen-bond donors (Lipinski definition) is 1. The second-order valence-corrected chi connectivity index (χ2v) is 4.14. The van der Waals surface area contributed by atoms with Crippen molar-refractivity contribution in [1.29, 1.82) is 0 Å². The molecule has 1 aromatic rings. The molecule has 0 amide bonds. The van der Waals surface area contributed by atoms with E-state index in [0.29, 0.717) is 5.56 Å². The molecule has 0 saturated heterocycles. The molecule has 4 nitrogen and oxygen atoms in total. The van der Waals surface area contributed by atoms with Crippen molar-refractivity contribution in [3.05, 3.63) is 41.7 Å². The van der Waals surface area contributed by atoms with E-state index < -0.39 is 17.5 Å². The number of hydrogen-bond acceptors (Lipinski definition) is 4. The molecule has 1 N–H and O–H groups in total. The van der Waals surface area contributed by atoms with Gasteiger partial charge in [-0.25, -0.2) is 4.79 Å². The minimum Gasteiger partial charge on any atom is -0.504 e. The van der Waals surface area contributed by atoms with Crippen LogP contribution in [0.4, 0.5) is 0 Å². The van der Waals surface area contributed by atoms with E-state index in [-0.39, 0.29) is 12.2 Å². The van der Waals surface area contributed by atoms with E-state index in [9.17, 15) is 14.7 Å². The van der Waals surface area contributed by atoms with Gasteiger partial charge >= 0.3 is 5.97 Å².